The van der Waals surface area contributed by atoms with Crippen LogP contribution in [0.1, 0.15) is 23.6 Å². The van der Waals surface area contributed by atoms with Crippen LogP contribution in [0.2, 0.25) is 0 Å². The molecule has 0 aliphatic carbocycles. The maximum atomic E-state index is 9.27. The number of hydrogen-bond donors (Lipinski definition) is 2. The highest BCUT2D eigenvalue weighted by atomic mass is 16.5. The summed E-state index contributed by atoms with van der Waals surface area (Å²) in [7, 11) is 0. The number of aliphatic hydroxyl groups is 1. The Labute approximate surface area is 120 Å². The van der Waals surface area contributed by atoms with Crippen LogP contribution in [0.4, 0.5) is 0 Å². The summed E-state index contributed by atoms with van der Waals surface area (Å²) in [6.07, 6.45) is 0. The zero-order valence-electron chi connectivity index (χ0n) is 11.8. The molecule has 2 aromatic carbocycles. The van der Waals surface area contributed by atoms with Gasteiger partial charge in [0, 0.05) is 13.1 Å². The Balaban J connectivity index is 1.86. The Bertz CT molecular complexity index is 523. The van der Waals surface area contributed by atoms with E-state index in [0.29, 0.717) is 6.61 Å². The number of benzene rings is 2. The molecule has 106 valence electrons. The number of aliphatic hydroxyl groups excluding tert-OH is 1. The van der Waals surface area contributed by atoms with E-state index < -0.39 is 0 Å². The highest BCUT2D eigenvalue weighted by Gasteiger charge is 2.00. The quantitative estimate of drug-likeness (QED) is 0.813. The minimum Gasteiger partial charge on any atom is -0.494 e. The van der Waals surface area contributed by atoms with Crippen LogP contribution in [0.3, 0.4) is 0 Å². The second-order valence-electron chi connectivity index (χ2n) is 4.61. The van der Waals surface area contributed by atoms with Gasteiger partial charge in [0.25, 0.3) is 0 Å². The summed E-state index contributed by atoms with van der Waals surface area (Å²) in [6.45, 7) is 4.31. The van der Waals surface area contributed by atoms with Crippen molar-refractivity contribution in [3.05, 3.63) is 65.2 Å². The molecule has 0 amide bonds. The number of hydrogen-bond acceptors (Lipinski definition) is 3. The number of ether oxygens (including phenoxy) is 1. The molecule has 0 radical (unpaired) electrons. The monoisotopic (exact) mass is 271 g/mol. The third-order valence-electron chi connectivity index (χ3n) is 3.17. The first kappa shape index (κ1) is 14.6. The summed E-state index contributed by atoms with van der Waals surface area (Å²) in [4.78, 5) is 0. The summed E-state index contributed by atoms with van der Waals surface area (Å²) in [5.74, 6) is 0.905. The van der Waals surface area contributed by atoms with Crippen molar-refractivity contribution in [2.75, 3.05) is 6.61 Å². The maximum absolute atomic E-state index is 9.27. The predicted octanol–water partition coefficient (Wildman–Crippen LogP) is 2.87. The van der Waals surface area contributed by atoms with Gasteiger partial charge in [-0.2, -0.15) is 0 Å². The van der Waals surface area contributed by atoms with Crippen molar-refractivity contribution in [3.8, 4) is 5.75 Å². The van der Waals surface area contributed by atoms with E-state index in [4.69, 9.17) is 4.74 Å². The molecule has 20 heavy (non-hydrogen) atoms. The lowest BCUT2D eigenvalue weighted by Gasteiger charge is -2.09. The molecule has 0 fully saturated rings. The van der Waals surface area contributed by atoms with Crippen LogP contribution in [0.5, 0.6) is 5.75 Å². The molecule has 2 N–H and O–H groups in total. The van der Waals surface area contributed by atoms with Crippen molar-refractivity contribution in [2.45, 2.75) is 26.6 Å². The topological polar surface area (TPSA) is 41.5 Å². The fourth-order valence-electron chi connectivity index (χ4n) is 2.10. The average molecular weight is 271 g/mol. The van der Waals surface area contributed by atoms with Gasteiger partial charge in [0.2, 0.25) is 0 Å². The minimum atomic E-state index is 0.0842. The molecule has 0 bridgehead atoms. The third kappa shape index (κ3) is 4.08. The Hall–Kier alpha value is -1.84. The largest absolute Gasteiger partial charge is 0.494 e. The summed E-state index contributed by atoms with van der Waals surface area (Å²) in [5, 5.41) is 12.7. The van der Waals surface area contributed by atoms with Crippen LogP contribution in [0.15, 0.2) is 48.5 Å². The fourth-order valence-corrected chi connectivity index (χ4v) is 2.10. The molecule has 2 rings (SSSR count). The Kier molecular flexibility index (Phi) is 5.59. The summed E-state index contributed by atoms with van der Waals surface area (Å²) in [5.41, 5.74) is 3.34. The molecule has 0 aromatic heterocycles. The van der Waals surface area contributed by atoms with Crippen molar-refractivity contribution in [2.24, 2.45) is 0 Å². The zero-order valence-corrected chi connectivity index (χ0v) is 11.8. The fraction of sp³-hybridized carbons (Fsp3) is 0.294. The van der Waals surface area contributed by atoms with Gasteiger partial charge in [-0.15, -0.1) is 0 Å². The summed E-state index contributed by atoms with van der Waals surface area (Å²) in [6, 6.07) is 16.0. The first-order valence-electron chi connectivity index (χ1n) is 6.93. The Morgan fingerprint density at radius 1 is 0.950 bits per heavy atom. The van der Waals surface area contributed by atoms with Gasteiger partial charge < -0.3 is 15.2 Å². The lowest BCUT2D eigenvalue weighted by Crippen LogP contribution is -2.14. The van der Waals surface area contributed by atoms with Gasteiger partial charge in [0.05, 0.1) is 13.2 Å². The van der Waals surface area contributed by atoms with Crippen molar-refractivity contribution in [1.82, 2.24) is 5.32 Å². The van der Waals surface area contributed by atoms with Gasteiger partial charge in [-0.1, -0.05) is 36.4 Å². The van der Waals surface area contributed by atoms with Gasteiger partial charge in [0.1, 0.15) is 5.75 Å². The van der Waals surface area contributed by atoms with E-state index in [1.54, 1.807) is 0 Å². The molecule has 0 unspecified atom stereocenters. The highest BCUT2D eigenvalue weighted by molar-refractivity contribution is 5.28. The lowest BCUT2D eigenvalue weighted by molar-refractivity contribution is 0.280. The van der Waals surface area contributed by atoms with E-state index in [0.717, 1.165) is 30.0 Å². The van der Waals surface area contributed by atoms with Gasteiger partial charge in [-0.3, -0.25) is 0 Å². The first-order chi connectivity index (χ1) is 9.83. The van der Waals surface area contributed by atoms with Crippen molar-refractivity contribution >= 4 is 0 Å². The smallest absolute Gasteiger partial charge is 0.119 e. The van der Waals surface area contributed by atoms with E-state index in [-0.39, 0.29) is 6.61 Å². The van der Waals surface area contributed by atoms with Crippen LogP contribution < -0.4 is 10.1 Å². The van der Waals surface area contributed by atoms with E-state index in [2.05, 4.69) is 17.4 Å². The minimum absolute atomic E-state index is 0.0842. The van der Waals surface area contributed by atoms with E-state index >= 15 is 0 Å². The van der Waals surface area contributed by atoms with Gasteiger partial charge in [0.15, 0.2) is 0 Å². The van der Waals surface area contributed by atoms with Gasteiger partial charge in [-0.25, -0.2) is 0 Å². The van der Waals surface area contributed by atoms with Crippen molar-refractivity contribution in [3.63, 3.8) is 0 Å². The van der Waals surface area contributed by atoms with Gasteiger partial charge >= 0.3 is 0 Å². The second kappa shape index (κ2) is 7.68. The third-order valence-corrected chi connectivity index (χ3v) is 3.17. The molecule has 3 heteroatoms. The zero-order chi connectivity index (χ0) is 14.2. The molecular weight excluding hydrogens is 250 g/mol. The average Bonchev–Trinajstić information content (AvgIpc) is 2.50. The van der Waals surface area contributed by atoms with E-state index in [1.807, 2.05) is 43.3 Å². The van der Waals surface area contributed by atoms with Crippen LogP contribution in [0.25, 0.3) is 0 Å². The lowest BCUT2D eigenvalue weighted by atomic mass is 10.1. The first-order valence-corrected chi connectivity index (χ1v) is 6.93. The van der Waals surface area contributed by atoms with Crippen molar-refractivity contribution in [1.29, 1.82) is 0 Å². The molecule has 0 heterocycles. The molecule has 0 atom stereocenters. The highest BCUT2D eigenvalue weighted by Crippen LogP contribution is 2.12. The standard InChI is InChI=1S/C17H21NO2/c1-2-20-17-9-7-14(8-10-17)11-18-12-15-5-3-4-6-16(15)13-19/h3-10,18-19H,2,11-13H2,1H3. The van der Waals surface area contributed by atoms with Crippen LogP contribution >= 0.6 is 0 Å². The van der Waals surface area contributed by atoms with Crippen molar-refractivity contribution < 1.29 is 9.84 Å². The van der Waals surface area contributed by atoms with Gasteiger partial charge in [-0.05, 0) is 35.7 Å². The predicted molar refractivity (Wildman–Crippen MR) is 80.5 cm³/mol. The van der Waals surface area contributed by atoms with Crippen LogP contribution in [-0.2, 0) is 19.7 Å². The molecule has 3 nitrogen and oxygen atoms in total. The molecule has 2 aromatic rings. The normalized spacial score (nSPS) is 10.5. The summed E-state index contributed by atoms with van der Waals surface area (Å²) < 4.78 is 5.42. The molecule has 0 aliphatic rings. The number of nitrogens with one attached hydrogen (secondary N) is 1. The summed E-state index contributed by atoms with van der Waals surface area (Å²) >= 11 is 0. The molecule has 0 saturated carbocycles. The SMILES string of the molecule is CCOc1ccc(CNCc2ccccc2CO)cc1. The molecule has 0 aliphatic heterocycles. The Morgan fingerprint density at radius 3 is 2.30 bits per heavy atom. The Morgan fingerprint density at radius 2 is 1.65 bits per heavy atom. The number of rotatable bonds is 7. The molecule has 0 saturated heterocycles. The maximum Gasteiger partial charge on any atom is 0.119 e. The second-order valence-corrected chi connectivity index (χ2v) is 4.61. The van der Waals surface area contributed by atoms with Crippen LogP contribution in [-0.4, -0.2) is 11.7 Å². The van der Waals surface area contributed by atoms with Crippen LogP contribution in [0, 0.1) is 0 Å². The van der Waals surface area contributed by atoms with E-state index in [1.165, 1.54) is 5.56 Å². The molecular formula is C17H21NO2. The molecule has 0 spiro atoms. The van der Waals surface area contributed by atoms with E-state index in [9.17, 15) is 5.11 Å².